The van der Waals surface area contributed by atoms with Crippen LogP contribution in [0, 0.1) is 27.7 Å². The molecule has 0 amide bonds. The van der Waals surface area contributed by atoms with Gasteiger partial charge in [-0.2, -0.15) is 0 Å². The van der Waals surface area contributed by atoms with E-state index >= 15 is 0 Å². The molecule has 10 aromatic rings. The van der Waals surface area contributed by atoms with Gasteiger partial charge in [0.15, 0.2) is 0 Å². The molecule has 266 valence electrons. The van der Waals surface area contributed by atoms with Crippen LogP contribution >= 0.6 is 0 Å². The first-order valence-electron chi connectivity index (χ1n) is 20.9. The Labute approximate surface area is 339 Å². The molecule has 0 nitrogen and oxygen atoms in total. The lowest BCUT2D eigenvalue weighted by molar-refractivity contribution is 1.38. The van der Waals surface area contributed by atoms with Crippen molar-refractivity contribution in [2.75, 3.05) is 0 Å². The van der Waals surface area contributed by atoms with Crippen LogP contribution in [-0.4, -0.2) is 13.4 Å². The predicted molar refractivity (Wildman–Crippen MR) is 251 cm³/mol. The lowest BCUT2D eigenvalue weighted by Gasteiger charge is -2.33. The number of rotatable bonds is 2. The number of fused-ring (bicyclic) bond motifs is 10. The van der Waals surface area contributed by atoms with Crippen LogP contribution < -0.4 is 32.8 Å². The molecule has 0 atom stereocenters. The molecule has 0 N–H and O–H groups in total. The Kier molecular flexibility index (Phi) is 5.78. The maximum absolute atomic E-state index is 2.66. The molecule has 0 bridgehead atoms. The standard InChI is InChI=1S/C56H36B2/c1-29-13-9-14-30(2)49(29)41-25-39-37-21-11-19-35-33-17-6-8-24-46(33)58(55(35)37)48-28-44-42(50-31(3)15-10-16-32(50)4)26-40-38-22-12-20-36-34-18-5-7-23-45(34)57(56(36)38)47-27-43(41)53(51(39)48)54(44)52(40)47/h5-28H,1-4H3. The molecule has 58 heavy (non-hydrogen) atoms. The highest BCUT2D eigenvalue weighted by Crippen LogP contribution is 2.51. The summed E-state index contributed by atoms with van der Waals surface area (Å²) in [6.45, 7) is 9.58. The van der Waals surface area contributed by atoms with Crippen LogP contribution in [-0.2, 0) is 0 Å². The summed E-state index contributed by atoms with van der Waals surface area (Å²) in [4.78, 5) is 0. The second-order valence-corrected chi connectivity index (χ2v) is 17.6. The van der Waals surface area contributed by atoms with Gasteiger partial charge >= 0.3 is 0 Å². The van der Waals surface area contributed by atoms with Crippen molar-refractivity contribution >= 4 is 78.5 Å². The smallest absolute Gasteiger partial charge is 0.0664 e. The summed E-state index contributed by atoms with van der Waals surface area (Å²) in [5, 5.41) is 8.50. The fourth-order valence-corrected chi connectivity index (χ4v) is 12.7. The minimum Gasteiger partial charge on any atom is -0.0664 e. The van der Waals surface area contributed by atoms with Gasteiger partial charge in [0.1, 0.15) is 0 Å². The number of hydrogen-bond donors (Lipinski definition) is 0. The third-order valence-electron chi connectivity index (χ3n) is 14.8. The van der Waals surface area contributed by atoms with E-state index in [0.717, 1.165) is 0 Å². The topological polar surface area (TPSA) is 0 Å². The Hall–Kier alpha value is -6.63. The summed E-state index contributed by atoms with van der Waals surface area (Å²) in [7, 11) is 0. The van der Waals surface area contributed by atoms with Crippen LogP contribution in [0.5, 0.6) is 0 Å². The van der Waals surface area contributed by atoms with Gasteiger partial charge in [0.05, 0.1) is 0 Å². The molecule has 0 aliphatic carbocycles. The molecule has 14 rings (SSSR count). The van der Waals surface area contributed by atoms with Gasteiger partial charge in [-0.15, -0.1) is 0 Å². The normalized spacial score (nSPS) is 13.4. The summed E-state index contributed by atoms with van der Waals surface area (Å²) in [5.41, 5.74) is 30.5. The molecule has 10 aromatic carbocycles. The Morgan fingerprint density at radius 1 is 0.276 bits per heavy atom. The van der Waals surface area contributed by atoms with Crippen molar-refractivity contribution in [3.63, 3.8) is 0 Å². The number of benzene rings is 10. The van der Waals surface area contributed by atoms with Gasteiger partial charge in [-0.25, -0.2) is 0 Å². The molecule has 0 saturated carbocycles. The van der Waals surface area contributed by atoms with Crippen LogP contribution in [0.3, 0.4) is 0 Å². The molecule has 4 aliphatic heterocycles. The highest BCUT2D eigenvalue weighted by atomic mass is 14.3. The van der Waals surface area contributed by atoms with Crippen molar-refractivity contribution in [2.24, 2.45) is 0 Å². The summed E-state index contributed by atoms with van der Waals surface area (Å²) in [6, 6.07) is 56.8. The van der Waals surface area contributed by atoms with Crippen molar-refractivity contribution < 1.29 is 0 Å². The van der Waals surface area contributed by atoms with E-state index in [9.17, 15) is 0 Å². The lowest BCUT2D eigenvalue weighted by atomic mass is 9.34. The predicted octanol–water partition coefficient (Wildman–Crippen LogP) is 10.1. The van der Waals surface area contributed by atoms with Crippen LogP contribution in [0.15, 0.2) is 146 Å². The van der Waals surface area contributed by atoms with Crippen LogP contribution in [0.2, 0.25) is 0 Å². The van der Waals surface area contributed by atoms with E-state index in [2.05, 4.69) is 173 Å². The number of aryl methyl sites for hydroxylation is 4. The Morgan fingerprint density at radius 2 is 0.621 bits per heavy atom. The molecule has 0 spiro atoms. The van der Waals surface area contributed by atoms with Crippen molar-refractivity contribution in [1.82, 2.24) is 0 Å². The molecule has 0 unspecified atom stereocenters. The van der Waals surface area contributed by atoms with Gasteiger partial charge in [-0.1, -0.05) is 166 Å². The molecule has 0 aromatic heterocycles. The highest BCUT2D eigenvalue weighted by molar-refractivity contribution is 7.03. The van der Waals surface area contributed by atoms with Gasteiger partial charge < -0.3 is 0 Å². The first-order valence-corrected chi connectivity index (χ1v) is 20.9. The lowest BCUT2D eigenvalue weighted by Crippen LogP contribution is -2.52. The monoisotopic (exact) mass is 730 g/mol. The summed E-state index contributed by atoms with van der Waals surface area (Å²) < 4.78 is 0. The van der Waals surface area contributed by atoms with Crippen LogP contribution in [0.1, 0.15) is 22.3 Å². The molecular weight excluding hydrogens is 694 g/mol. The highest BCUT2D eigenvalue weighted by Gasteiger charge is 2.44. The molecule has 4 heterocycles. The Morgan fingerprint density at radius 3 is 1.03 bits per heavy atom. The third kappa shape index (κ3) is 3.59. The van der Waals surface area contributed by atoms with Crippen molar-refractivity contribution in [3.05, 3.63) is 168 Å². The van der Waals surface area contributed by atoms with E-state index in [1.165, 1.54) is 154 Å². The average molecular weight is 731 g/mol. The minimum absolute atomic E-state index is 0.176. The summed E-state index contributed by atoms with van der Waals surface area (Å²) in [5.74, 6) is 0. The van der Waals surface area contributed by atoms with Gasteiger partial charge in [0.2, 0.25) is 13.4 Å². The second-order valence-electron chi connectivity index (χ2n) is 17.6. The summed E-state index contributed by atoms with van der Waals surface area (Å²) >= 11 is 0. The maximum Gasteiger partial charge on any atom is 0.244 e. The van der Waals surface area contributed by atoms with E-state index in [4.69, 9.17) is 0 Å². The first-order chi connectivity index (χ1) is 28.5. The molecule has 0 fully saturated rings. The number of hydrogen-bond acceptors (Lipinski definition) is 0. The van der Waals surface area contributed by atoms with E-state index in [1.54, 1.807) is 0 Å². The van der Waals surface area contributed by atoms with E-state index in [1.807, 2.05) is 0 Å². The quantitative estimate of drug-likeness (QED) is 0.123. The Bertz CT molecular complexity index is 3290. The fraction of sp³-hybridized carbons (Fsp3) is 0.0714. The molecular formula is C56H36B2. The van der Waals surface area contributed by atoms with Gasteiger partial charge in [-0.05, 0) is 161 Å². The minimum atomic E-state index is 0.176. The van der Waals surface area contributed by atoms with E-state index < -0.39 is 0 Å². The van der Waals surface area contributed by atoms with E-state index in [-0.39, 0.29) is 13.4 Å². The SMILES string of the molecule is Cc1cccc(C)c1-c1cc2c3c(cc4c(-c5c(C)cccc5C)cc5c6c(cc1c3c46)B1c3ccccc3-c3cccc-5c31)B1c3ccccc3-c3cccc-2c31. The van der Waals surface area contributed by atoms with Crippen molar-refractivity contribution in [1.29, 1.82) is 0 Å². The van der Waals surface area contributed by atoms with Crippen molar-refractivity contribution in [3.8, 4) is 66.8 Å². The first kappa shape index (κ1) is 31.5. The second kappa shape index (κ2) is 10.6. The zero-order valence-electron chi connectivity index (χ0n) is 33.0. The van der Waals surface area contributed by atoms with Crippen LogP contribution in [0.4, 0.5) is 0 Å². The maximum atomic E-state index is 2.66. The molecule has 0 radical (unpaired) electrons. The van der Waals surface area contributed by atoms with E-state index in [0.29, 0.717) is 0 Å². The molecule has 4 aliphatic rings. The Balaban J connectivity index is 1.28. The summed E-state index contributed by atoms with van der Waals surface area (Å²) in [6.07, 6.45) is 0. The average Bonchev–Trinajstić information content (AvgIpc) is 3.76. The zero-order valence-corrected chi connectivity index (χ0v) is 33.0. The fourth-order valence-electron chi connectivity index (χ4n) is 12.7. The van der Waals surface area contributed by atoms with Gasteiger partial charge in [0, 0.05) is 0 Å². The molecule has 0 saturated heterocycles. The third-order valence-corrected chi connectivity index (χ3v) is 14.8. The van der Waals surface area contributed by atoms with Crippen molar-refractivity contribution in [2.45, 2.75) is 27.7 Å². The van der Waals surface area contributed by atoms with Gasteiger partial charge in [0.25, 0.3) is 0 Å². The molecule has 2 heteroatoms. The van der Waals surface area contributed by atoms with Gasteiger partial charge in [-0.3, -0.25) is 0 Å². The zero-order chi connectivity index (χ0) is 38.3. The largest absolute Gasteiger partial charge is 0.244 e. The van der Waals surface area contributed by atoms with Crippen LogP contribution in [0.25, 0.3) is 99.1 Å².